The molecule has 9 heteroatoms. The summed E-state index contributed by atoms with van der Waals surface area (Å²) in [7, 11) is 0. The predicted molar refractivity (Wildman–Crippen MR) is 121 cm³/mol. The predicted octanol–water partition coefficient (Wildman–Crippen LogP) is 2.78. The lowest BCUT2D eigenvalue weighted by atomic mass is 10.1. The van der Waals surface area contributed by atoms with E-state index in [2.05, 4.69) is 31.8 Å². The molecule has 1 atom stereocenters. The maximum atomic E-state index is 12.6. The smallest absolute Gasteiger partial charge is 0.279 e. The van der Waals surface area contributed by atoms with Crippen molar-refractivity contribution in [3.8, 4) is 5.75 Å². The number of aromatic nitrogens is 2. The van der Waals surface area contributed by atoms with Gasteiger partial charge in [-0.25, -0.2) is 4.98 Å². The number of carbonyl (C=O) groups is 2. The Balaban J connectivity index is 1.52. The second kappa shape index (κ2) is 9.74. The van der Waals surface area contributed by atoms with Crippen LogP contribution < -0.4 is 21.1 Å². The molecule has 2 aromatic carbocycles. The van der Waals surface area contributed by atoms with Crippen LogP contribution in [0.4, 0.5) is 0 Å². The summed E-state index contributed by atoms with van der Waals surface area (Å²) in [5, 5.41) is 0.461. The summed E-state index contributed by atoms with van der Waals surface area (Å²) in [5.74, 6) is -0.305. The maximum absolute atomic E-state index is 12.6. The zero-order chi connectivity index (χ0) is 22.5. The molecule has 0 saturated carbocycles. The van der Waals surface area contributed by atoms with Gasteiger partial charge >= 0.3 is 0 Å². The molecule has 1 aromatic heterocycles. The molecule has 1 heterocycles. The van der Waals surface area contributed by atoms with Crippen LogP contribution in [-0.4, -0.2) is 27.5 Å². The molecule has 8 nitrogen and oxygen atoms in total. The first-order valence-electron chi connectivity index (χ1n) is 9.72. The molecule has 0 aliphatic carbocycles. The summed E-state index contributed by atoms with van der Waals surface area (Å²) in [6.45, 7) is 5.61. The number of benzene rings is 2. The lowest BCUT2D eigenvalue weighted by Crippen LogP contribution is -2.47. The number of hydrogen-bond acceptors (Lipinski definition) is 5. The van der Waals surface area contributed by atoms with Crippen LogP contribution >= 0.6 is 15.9 Å². The molecule has 0 saturated heterocycles. The Morgan fingerprint density at radius 1 is 1.19 bits per heavy atom. The number of nitrogens with zero attached hydrogens (tertiary/aromatic N) is 2. The van der Waals surface area contributed by atoms with Gasteiger partial charge in [0.05, 0.1) is 17.2 Å². The van der Waals surface area contributed by atoms with Crippen molar-refractivity contribution in [2.45, 2.75) is 39.8 Å². The topological polar surface area (TPSA) is 102 Å². The fourth-order valence-corrected chi connectivity index (χ4v) is 3.26. The Bertz CT molecular complexity index is 1190. The SMILES string of the molecule is Cc1cccc(OC(C)C(=O)NNC(=O)CCn2cnc3ccc(Br)cc3c2=O)c1C. The van der Waals surface area contributed by atoms with Gasteiger partial charge in [-0.1, -0.05) is 28.1 Å². The van der Waals surface area contributed by atoms with Gasteiger partial charge in [0.25, 0.3) is 11.5 Å². The van der Waals surface area contributed by atoms with Gasteiger partial charge in [-0.3, -0.25) is 29.8 Å². The summed E-state index contributed by atoms with van der Waals surface area (Å²) in [6.07, 6.45) is 0.601. The van der Waals surface area contributed by atoms with Crippen LogP contribution in [0, 0.1) is 13.8 Å². The number of nitrogens with one attached hydrogen (secondary N) is 2. The zero-order valence-corrected chi connectivity index (χ0v) is 19.0. The molecule has 3 aromatic rings. The third-order valence-electron chi connectivity index (χ3n) is 4.92. The van der Waals surface area contributed by atoms with Gasteiger partial charge in [-0.05, 0) is 56.2 Å². The Hall–Kier alpha value is -3.20. The number of halogens is 1. The second-order valence-electron chi connectivity index (χ2n) is 7.15. The van der Waals surface area contributed by atoms with Crippen molar-refractivity contribution < 1.29 is 14.3 Å². The number of amides is 2. The largest absolute Gasteiger partial charge is 0.481 e. The molecule has 0 aliphatic heterocycles. The van der Waals surface area contributed by atoms with E-state index in [1.165, 1.54) is 10.9 Å². The van der Waals surface area contributed by atoms with E-state index in [4.69, 9.17) is 4.74 Å². The highest BCUT2D eigenvalue weighted by Crippen LogP contribution is 2.21. The third-order valence-corrected chi connectivity index (χ3v) is 5.41. The molecule has 3 rings (SSSR count). The molecule has 0 aliphatic rings. The number of ether oxygens (including phenoxy) is 1. The molecule has 0 spiro atoms. The normalized spacial score (nSPS) is 11.7. The minimum absolute atomic E-state index is 0.00635. The first-order chi connectivity index (χ1) is 14.8. The van der Waals surface area contributed by atoms with Crippen LogP contribution in [-0.2, 0) is 16.1 Å². The Morgan fingerprint density at radius 2 is 1.97 bits per heavy atom. The quantitative estimate of drug-likeness (QED) is 0.521. The molecule has 31 heavy (non-hydrogen) atoms. The van der Waals surface area contributed by atoms with E-state index < -0.39 is 17.9 Å². The minimum atomic E-state index is -0.799. The summed E-state index contributed by atoms with van der Waals surface area (Å²) < 4.78 is 7.83. The van der Waals surface area contributed by atoms with Crippen LogP contribution in [0.25, 0.3) is 10.9 Å². The van der Waals surface area contributed by atoms with Crippen LogP contribution in [0.5, 0.6) is 5.75 Å². The van der Waals surface area contributed by atoms with Gasteiger partial charge in [0.1, 0.15) is 5.75 Å². The summed E-state index contributed by atoms with van der Waals surface area (Å²) in [5.41, 5.74) is 7.06. The second-order valence-corrected chi connectivity index (χ2v) is 8.07. The van der Waals surface area contributed by atoms with Crippen molar-refractivity contribution >= 4 is 38.6 Å². The lowest BCUT2D eigenvalue weighted by Gasteiger charge is -2.17. The average Bonchev–Trinajstić information content (AvgIpc) is 2.75. The Labute approximate surface area is 187 Å². The Kier molecular flexibility index (Phi) is 7.06. The lowest BCUT2D eigenvalue weighted by molar-refractivity contribution is -0.132. The van der Waals surface area contributed by atoms with E-state index in [0.29, 0.717) is 16.7 Å². The van der Waals surface area contributed by atoms with Crippen molar-refractivity contribution in [2.24, 2.45) is 0 Å². The van der Waals surface area contributed by atoms with Gasteiger partial charge in [-0.2, -0.15) is 0 Å². The summed E-state index contributed by atoms with van der Waals surface area (Å²) >= 11 is 3.34. The molecule has 2 amide bonds. The van der Waals surface area contributed by atoms with Crippen molar-refractivity contribution in [1.82, 2.24) is 20.4 Å². The van der Waals surface area contributed by atoms with Gasteiger partial charge in [0.15, 0.2) is 6.10 Å². The molecule has 1 unspecified atom stereocenters. The van der Waals surface area contributed by atoms with E-state index in [-0.39, 0.29) is 18.5 Å². The monoisotopic (exact) mass is 486 g/mol. The highest BCUT2D eigenvalue weighted by molar-refractivity contribution is 9.10. The van der Waals surface area contributed by atoms with E-state index in [9.17, 15) is 14.4 Å². The van der Waals surface area contributed by atoms with Gasteiger partial charge in [0, 0.05) is 17.4 Å². The van der Waals surface area contributed by atoms with E-state index in [1.54, 1.807) is 31.2 Å². The third kappa shape index (κ3) is 5.49. The molecular weight excluding hydrogens is 464 g/mol. The summed E-state index contributed by atoms with van der Waals surface area (Å²) in [6, 6.07) is 10.8. The van der Waals surface area contributed by atoms with E-state index >= 15 is 0 Å². The van der Waals surface area contributed by atoms with Crippen LogP contribution in [0.3, 0.4) is 0 Å². The van der Waals surface area contributed by atoms with E-state index in [0.717, 1.165) is 15.6 Å². The molecule has 162 valence electrons. The van der Waals surface area contributed by atoms with Gasteiger partial charge < -0.3 is 4.74 Å². The highest BCUT2D eigenvalue weighted by Gasteiger charge is 2.17. The Morgan fingerprint density at radius 3 is 2.74 bits per heavy atom. The standard InChI is InChI=1S/C22H23BrN4O4/c1-13-5-4-6-19(14(13)2)31-15(3)21(29)26-25-20(28)9-10-27-12-24-18-8-7-16(23)11-17(18)22(27)30/h4-8,11-12,15H,9-10H2,1-3H3,(H,25,28)(H,26,29). The van der Waals surface area contributed by atoms with Crippen molar-refractivity contribution in [2.75, 3.05) is 0 Å². The van der Waals surface area contributed by atoms with Crippen molar-refractivity contribution in [3.63, 3.8) is 0 Å². The number of fused-ring (bicyclic) bond motifs is 1. The number of aryl methyl sites for hydroxylation is 2. The fraction of sp³-hybridized carbons (Fsp3) is 0.273. The van der Waals surface area contributed by atoms with E-state index in [1.807, 2.05) is 26.0 Å². The summed E-state index contributed by atoms with van der Waals surface area (Å²) in [4.78, 5) is 41.1. The number of rotatable bonds is 6. The molecule has 0 fully saturated rings. The van der Waals surface area contributed by atoms with Gasteiger partial charge in [0.2, 0.25) is 5.91 Å². The highest BCUT2D eigenvalue weighted by atomic mass is 79.9. The molecular formula is C22H23BrN4O4. The zero-order valence-electron chi connectivity index (χ0n) is 17.4. The maximum Gasteiger partial charge on any atom is 0.279 e. The van der Waals surface area contributed by atoms with Crippen molar-refractivity contribution in [3.05, 3.63) is 68.7 Å². The molecule has 0 bridgehead atoms. The molecule has 0 radical (unpaired) electrons. The van der Waals surface area contributed by atoms with Crippen LogP contribution in [0.15, 0.2) is 52.0 Å². The van der Waals surface area contributed by atoms with Crippen LogP contribution in [0.1, 0.15) is 24.5 Å². The molecule has 2 N–H and O–H groups in total. The fourth-order valence-electron chi connectivity index (χ4n) is 2.90. The number of hydrogen-bond donors (Lipinski definition) is 2. The minimum Gasteiger partial charge on any atom is -0.481 e. The number of carbonyl (C=O) groups excluding carboxylic acids is 2. The van der Waals surface area contributed by atoms with Crippen LogP contribution in [0.2, 0.25) is 0 Å². The first kappa shape index (κ1) is 22.5. The number of hydrazine groups is 1. The average molecular weight is 487 g/mol. The van der Waals surface area contributed by atoms with Crippen molar-refractivity contribution in [1.29, 1.82) is 0 Å². The first-order valence-corrected chi connectivity index (χ1v) is 10.5. The van der Waals surface area contributed by atoms with Gasteiger partial charge in [-0.15, -0.1) is 0 Å².